The van der Waals surface area contributed by atoms with Crippen LogP contribution in [0.2, 0.25) is 0 Å². The van der Waals surface area contributed by atoms with Gasteiger partial charge < -0.3 is 14.8 Å². The molecule has 0 aliphatic carbocycles. The minimum atomic E-state index is -0.235. The molecule has 0 aliphatic rings. The number of aryl methyl sites for hydroxylation is 1. The molecule has 0 fully saturated rings. The van der Waals surface area contributed by atoms with E-state index in [1.165, 1.54) is 5.56 Å². The van der Waals surface area contributed by atoms with Gasteiger partial charge in [0, 0.05) is 5.69 Å². The highest BCUT2D eigenvalue weighted by molar-refractivity contribution is 14.1. The van der Waals surface area contributed by atoms with Gasteiger partial charge in [-0.3, -0.25) is 4.79 Å². The molecule has 3 aromatic rings. The normalized spacial score (nSPS) is 10.7. The summed E-state index contributed by atoms with van der Waals surface area (Å²) in [5.41, 5.74) is 6.45. The van der Waals surface area contributed by atoms with Crippen LogP contribution in [0.3, 0.4) is 0 Å². The number of nitrogens with one attached hydrogen (secondary N) is 2. The van der Waals surface area contributed by atoms with Gasteiger partial charge in [0.05, 0.1) is 23.4 Å². The van der Waals surface area contributed by atoms with Crippen LogP contribution >= 0.6 is 22.6 Å². The van der Waals surface area contributed by atoms with Gasteiger partial charge in [-0.1, -0.05) is 48.0 Å². The Kier molecular flexibility index (Phi) is 8.28. The summed E-state index contributed by atoms with van der Waals surface area (Å²) >= 11 is 2.20. The zero-order chi connectivity index (χ0) is 22.1. The lowest BCUT2D eigenvalue weighted by Gasteiger charge is -2.13. The summed E-state index contributed by atoms with van der Waals surface area (Å²) in [6.45, 7) is 2.60. The first-order chi connectivity index (χ1) is 15.0. The van der Waals surface area contributed by atoms with Gasteiger partial charge in [0.25, 0.3) is 5.91 Å². The van der Waals surface area contributed by atoms with Crippen molar-refractivity contribution in [3.8, 4) is 11.5 Å². The molecule has 6 nitrogen and oxygen atoms in total. The monoisotopic (exact) mass is 529 g/mol. The Bertz CT molecular complexity index is 1040. The fourth-order valence-corrected chi connectivity index (χ4v) is 3.54. The molecule has 31 heavy (non-hydrogen) atoms. The van der Waals surface area contributed by atoms with Crippen LogP contribution in [-0.2, 0) is 11.4 Å². The van der Waals surface area contributed by atoms with E-state index in [2.05, 4.69) is 38.4 Å². The molecule has 0 saturated heterocycles. The smallest absolute Gasteiger partial charge is 0.259 e. The lowest BCUT2D eigenvalue weighted by Crippen LogP contribution is -2.25. The van der Waals surface area contributed by atoms with Crippen LogP contribution < -0.4 is 20.2 Å². The standard InChI is InChI=1S/C24H24IN3O3/c1-17-8-10-20(11-9-17)26-15-23(29)28-27-14-19-12-21(25)24(22(13-19)30-2)31-16-18-6-4-3-5-7-18/h3-14,26H,15-16H2,1-2H3,(H,28,29)/b27-14-. The maximum absolute atomic E-state index is 12.0. The van der Waals surface area contributed by atoms with Crippen molar-refractivity contribution >= 4 is 40.4 Å². The van der Waals surface area contributed by atoms with Gasteiger partial charge >= 0.3 is 0 Å². The van der Waals surface area contributed by atoms with Crippen LogP contribution in [0.5, 0.6) is 11.5 Å². The van der Waals surface area contributed by atoms with E-state index >= 15 is 0 Å². The third kappa shape index (κ3) is 6.99. The zero-order valence-corrected chi connectivity index (χ0v) is 19.5. The van der Waals surface area contributed by atoms with Gasteiger partial charge in [0.15, 0.2) is 11.5 Å². The van der Waals surface area contributed by atoms with Gasteiger partial charge in [0.1, 0.15) is 6.61 Å². The van der Waals surface area contributed by atoms with Gasteiger partial charge in [-0.05, 0) is 64.9 Å². The van der Waals surface area contributed by atoms with E-state index in [4.69, 9.17) is 9.47 Å². The van der Waals surface area contributed by atoms with Crippen molar-refractivity contribution < 1.29 is 14.3 Å². The molecule has 0 radical (unpaired) electrons. The molecule has 2 N–H and O–H groups in total. The first kappa shape index (κ1) is 22.6. The van der Waals surface area contributed by atoms with Crippen LogP contribution in [0.1, 0.15) is 16.7 Å². The maximum atomic E-state index is 12.0. The number of ether oxygens (including phenoxy) is 2. The van der Waals surface area contributed by atoms with Crippen molar-refractivity contribution in [2.24, 2.45) is 5.10 Å². The number of methoxy groups -OCH3 is 1. The van der Waals surface area contributed by atoms with E-state index in [1.807, 2.05) is 73.7 Å². The number of halogens is 1. The third-order valence-corrected chi connectivity index (χ3v) is 5.19. The average molecular weight is 529 g/mol. The van der Waals surface area contributed by atoms with Crippen molar-refractivity contribution in [2.75, 3.05) is 19.0 Å². The van der Waals surface area contributed by atoms with Crippen molar-refractivity contribution in [2.45, 2.75) is 13.5 Å². The highest BCUT2D eigenvalue weighted by Crippen LogP contribution is 2.34. The summed E-state index contributed by atoms with van der Waals surface area (Å²) in [5, 5.41) is 7.10. The molecule has 0 unspecified atom stereocenters. The Morgan fingerprint density at radius 2 is 1.84 bits per heavy atom. The van der Waals surface area contributed by atoms with E-state index in [9.17, 15) is 4.79 Å². The second-order valence-corrected chi connectivity index (χ2v) is 7.98. The van der Waals surface area contributed by atoms with E-state index in [0.29, 0.717) is 18.1 Å². The molecule has 0 saturated carbocycles. The number of hydrazone groups is 1. The number of benzene rings is 3. The Morgan fingerprint density at radius 3 is 2.55 bits per heavy atom. The second kappa shape index (κ2) is 11.4. The number of hydrogen-bond acceptors (Lipinski definition) is 5. The Hall–Kier alpha value is -3.07. The zero-order valence-electron chi connectivity index (χ0n) is 17.4. The quantitative estimate of drug-likeness (QED) is 0.239. The molecule has 3 aromatic carbocycles. The second-order valence-electron chi connectivity index (χ2n) is 6.82. The van der Waals surface area contributed by atoms with E-state index in [-0.39, 0.29) is 12.5 Å². The maximum Gasteiger partial charge on any atom is 0.259 e. The number of anilines is 1. The molecule has 160 valence electrons. The average Bonchev–Trinajstić information content (AvgIpc) is 2.78. The van der Waals surface area contributed by atoms with Crippen molar-refractivity contribution in [1.29, 1.82) is 0 Å². The Labute approximate surface area is 195 Å². The van der Waals surface area contributed by atoms with Gasteiger partial charge in [-0.25, -0.2) is 5.43 Å². The van der Waals surface area contributed by atoms with Gasteiger partial charge in [-0.15, -0.1) is 0 Å². The number of amides is 1. The first-order valence-electron chi connectivity index (χ1n) is 9.72. The molecule has 0 aromatic heterocycles. The minimum absolute atomic E-state index is 0.132. The van der Waals surface area contributed by atoms with Crippen LogP contribution in [0.25, 0.3) is 0 Å². The van der Waals surface area contributed by atoms with Crippen molar-refractivity contribution in [3.05, 3.63) is 87.0 Å². The number of carbonyl (C=O) groups excluding carboxylic acids is 1. The molecule has 0 aliphatic heterocycles. The summed E-state index contributed by atoms with van der Waals surface area (Å²) in [5.74, 6) is 1.05. The molecule has 3 rings (SSSR count). The van der Waals surface area contributed by atoms with Gasteiger partial charge in [0.2, 0.25) is 0 Å². The van der Waals surface area contributed by atoms with Crippen LogP contribution in [0.4, 0.5) is 5.69 Å². The highest BCUT2D eigenvalue weighted by Gasteiger charge is 2.11. The van der Waals surface area contributed by atoms with Crippen LogP contribution in [0, 0.1) is 10.5 Å². The molecule has 1 amide bonds. The molecule has 0 atom stereocenters. The van der Waals surface area contributed by atoms with Crippen molar-refractivity contribution in [1.82, 2.24) is 5.43 Å². The Balaban J connectivity index is 1.56. The van der Waals surface area contributed by atoms with Crippen LogP contribution in [0.15, 0.2) is 71.8 Å². The number of hydrogen-bond donors (Lipinski definition) is 2. The molecular weight excluding hydrogens is 505 g/mol. The van der Waals surface area contributed by atoms with Crippen LogP contribution in [-0.4, -0.2) is 25.8 Å². The Morgan fingerprint density at radius 1 is 1.10 bits per heavy atom. The molecular formula is C24H24IN3O3. The summed E-state index contributed by atoms with van der Waals surface area (Å²) in [6.07, 6.45) is 1.58. The predicted molar refractivity (Wildman–Crippen MR) is 132 cm³/mol. The molecule has 0 bridgehead atoms. The third-order valence-electron chi connectivity index (χ3n) is 4.39. The SMILES string of the molecule is COc1cc(/C=N\NC(=O)CNc2ccc(C)cc2)cc(I)c1OCc1ccccc1. The minimum Gasteiger partial charge on any atom is -0.493 e. The predicted octanol–water partition coefficient (Wildman–Crippen LogP) is 4.75. The number of nitrogens with zero attached hydrogens (tertiary/aromatic N) is 1. The lowest BCUT2D eigenvalue weighted by molar-refractivity contribution is -0.119. The first-order valence-corrected chi connectivity index (χ1v) is 10.8. The largest absolute Gasteiger partial charge is 0.493 e. The van der Waals surface area contributed by atoms with E-state index < -0.39 is 0 Å². The lowest BCUT2D eigenvalue weighted by atomic mass is 10.2. The summed E-state index contributed by atoms with van der Waals surface area (Å²) in [4.78, 5) is 12.0. The number of carbonyl (C=O) groups is 1. The van der Waals surface area contributed by atoms with E-state index in [1.54, 1.807) is 13.3 Å². The van der Waals surface area contributed by atoms with Crippen molar-refractivity contribution in [3.63, 3.8) is 0 Å². The fraction of sp³-hybridized carbons (Fsp3) is 0.167. The summed E-state index contributed by atoms with van der Waals surface area (Å²) < 4.78 is 12.3. The summed E-state index contributed by atoms with van der Waals surface area (Å²) in [7, 11) is 1.60. The highest BCUT2D eigenvalue weighted by atomic mass is 127. The molecule has 0 heterocycles. The number of rotatable bonds is 9. The van der Waals surface area contributed by atoms with E-state index in [0.717, 1.165) is 20.4 Å². The van der Waals surface area contributed by atoms with Gasteiger partial charge in [-0.2, -0.15) is 5.10 Å². The summed E-state index contributed by atoms with van der Waals surface area (Å²) in [6, 6.07) is 21.5. The fourth-order valence-electron chi connectivity index (χ4n) is 2.76. The molecule has 0 spiro atoms. The topological polar surface area (TPSA) is 72.0 Å². The molecule has 7 heteroatoms.